The molecule has 0 saturated carbocycles. The number of hydrogen-bond acceptors (Lipinski definition) is 2. The van der Waals surface area contributed by atoms with Crippen molar-refractivity contribution in [3.05, 3.63) is 29.8 Å². The second kappa shape index (κ2) is 8.19. The lowest BCUT2D eigenvalue weighted by molar-refractivity contribution is -0.117. The first kappa shape index (κ1) is 16.0. The van der Waals surface area contributed by atoms with Gasteiger partial charge in [-0.3, -0.25) is 4.79 Å². The standard InChI is InChI=1S/C15H23N3O2/c1-4-11(2)9-14(19)18-13-8-6-5-7-12(13)10-17-15(20)16-3/h5-8,11H,4,9-10H2,1-3H3,(H,18,19)(H2,16,17,20). The van der Waals surface area contributed by atoms with Crippen LogP contribution in [-0.4, -0.2) is 19.0 Å². The quantitative estimate of drug-likeness (QED) is 0.747. The van der Waals surface area contributed by atoms with Crippen molar-refractivity contribution in [2.45, 2.75) is 33.2 Å². The third-order valence-electron chi connectivity index (χ3n) is 3.19. The molecule has 0 bridgehead atoms. The fourth-order valence-corrected chi connectivity index (χ4v) is 1.72. The Balaban J connectivity index is 2.65. The average molecular weight is 277 g/mol. The average Bonchev–Trinajstić information content (AvgIpc) is 2.45. The molecule has 1 aromatic carbocycles. The summed E-state index contributed by atoms with van der Waals surface area (Å²) in [5.74, 6) is 0.373. The van der Waals surface area contributed by atoms with E-state index in [9.17, 15) is 9.59 Å². The summed E-state index contributed by atoms with van der Waals surface area (Å²) in [6.07, 6.45) is 1.49. The summed E-state index contributed by atoms with van der Waals surface area (Å²) in [7, 11) is 1.56. The Kier molecular flexibility index (Phi) is 6.56. The number of amides is 3. The molecule has 1 atom stereocenters. The van der Waals surface area contributed by atoms with E-state index in [0.29, 0.717) is 18.9 Å². The van der Waals surface area contributed by atoms with E-state index in [1.807, 2.05) is 24.3 Å². The van der Waals surface area contributed by atoms with Crippen molar-refractivity contribution in [2.24, 2.45) is 5.92 Å². The van der Waals surface area contributed by atoms with Gasteiger partial charge in [-0.2, -0.15) is 0 Å². The van der Waals surface area contributed by atoms with E-state index in [1.54, 1.807) is 7.05 Å². The minimum atomic E-state index is -0.245. The van der Waals surface area contributed by atoms with Gasteiger partial charge in [0.1, 0.15) is 0 Å². The van der Waals surface area contributed by atoms with Crippen LogP contribution in [0, 0.1) is 5.92 Å². The summed E-state index contributed by atoms with van der Waals surface area (Å²) in [6.45, 7) is 4.50. The second-order valence-corrected chi connectivity index (χ2v) is 4.86. The molecule has 3 N–H and O–H groups in total. The van der Waals surface area contributed by atoms with Crippen molar-refractivity contribution in [3.8, 4) is 0 Å². The minimum absolute atomic E-state index is 0.00624. The predicted octanol–water partition coefficient (Wildman–Crippen LogP) is 2.49. The highest BCUT2D eigenvalue weighted by atomic mass is 16.2. The molecular formula is C15H23N3O2. The Morgan fingerprint density at radius 3 is 2.60 bits per heavy atom. The van der Waals surface area contributed by atoms with Crippen LogP contribution >= 0.6 is 0 Å². The lowest BCUT2D eigenvalue weighted by atomic mass is 10.0. The Hall–Kier alpha value is -2.04. The smallest absolute Gasteiger partial charge is 0.314 e. The largest absolute Gasteiger partial charge is 0.341 e. The zero-order valence-corrected chi connectivity index (χ0v) is 12.3. The molecule has 3 amide bonds. The van der Waals surface area contributed by atoms with Crippen LogP contribution in [0.4, 0.5) is 10.5 Å². The number of carbonyl (C=O) groups excluding carboxylic acids is 2. The Morgan fingerprint density at radius 2 is 1.95 bits per heavy atom. The molecule has 0 heterocycles. The minimum Gasteiger partial charge on any atom is -0.341 e. The molecule has 0 aliphatic heterocycles. The van der Waals surface area contributed by atoms with Crippen molar-refractivity contribution in [1.82, 2.24) is 10.6 Å². The van der Waals surface area contributed by atoms with Crippen molar-refractivity contribution < 1.29 is 9.59 Å². The van der Waals surface area contributed by atoms with Gasteiger partial charge in [-0.25, -0.2) is 4.79 Å². The molecule has 0 radical (unpaired) electrons. The third-order valence-corrected chi connectivity index (χ3v) is 3.19. The molecule has 20 heavy (non-hydrogen) atoms. The van der Waals surface area contributed by atoms with Crippen LogP contribution in [0.25, 0.3) is 0 Å². The van der Waals surface area contributed by atoms with Crippen LogP contribution in [0.1, 0.15) is 32.3 Å². The number of anilines is 1. The Bertz CT molecular complexity index is 460. The number of benzene rings is 1. The summed E-state index contributed by atoms with van der Waals surface area (Å²) in [4.78, 5) is 23.1. The molecule has 1 rings (SSSR count). The van der Waals surface area contributed by atoms with Gasteiger partial charge in [0, 0.05) is 25.7 Å². The first-order chi connectivity index (χ1) is 9.56. The third kappa shape index (κ3) is 5.30. The maximum absolute atomic E-state index is 11.9. The van der Waals surface area contributed by atoms with E-state index in [2.05, 4.69) is 29.8 Å². The fourth-order valence-electron chi connectivity index (χ4n) is 1.72. The van der Waals surface area contributed by atoms with Crippen molar-refractivity contribution in [3.63, 3.8) is 0 Å². The van der Waals surface area contributed by atoms with Crippen LogP contribution < -0.4 is 16.0 Å². The van der Waals surface area contributed by atoms with Crippen molar-refractivity contribution in [2.75, 3.05) is 12.4 Å². The van der Waals surface area contributed by atoms with E-state index < -0.39 is 0 Å². The normalized spacial score (nSPS) is 11.6. The summed E-state index contributed by atoms with van der Waals surface area (Å²) in [6, 6.07) is 7.23. The molecule has 0 spiro atoms. The molecule has 0 aliphatic rings. The Labute approximate surface area is 120 Å². The van der Waals surface area contributed by atoms with Gasteiger partial charge in [0.05, 0.1) is 0 Å². The number of hydrogen-bond donors (Lipinski definition) is 3. The molecule has 1 aromatic rings. The fraction of sp³-hybridized carbons (Fsp3) is 0.467. The molecule has 1 unspecified atom stereocenters. The zero-order chi connectivity index (χ0) is 15.0. The molecule has 0 fully saturated rings. The summed E-state index contributed by atoms with van der Waals surface area (Å²) < 4.78 is 0. The van der Waals surface area contributed by atoms with Crippen LogP contribution in [-0.2, 0) is 11.3 Å². The van der Waals surface area contributed by atoms with E-state index in [0.717, 1.165) is 17.7 Å². The van der Waals surface area contributed by atoms with Crippen LogP contribution in [0.15, 0.2) is 24.3 Å². The van der Waals surface area contributed by atoms with Gasteiger partial charge in [-0.15, -0.1) is 0 Å². The van der Waals surface area contributed by atoms with Gasteiger partial charge < -0.3 is 16.0 Å². The number of para-hydroxylation sites is 1. The van der Waals surface area contributed by atoms with Crippen LogP contribution in [0.5, 0.6) is 0 Å². The SMILES string of the molecule is CCC(C)CC(=O)Nc1ccccc1CNC(=O)NC. The molecular weight excluding hydrogens is 254 g/mol. The first-order valence-corrected chi connectivity index (χ1v) is 6.90. The van der Waals surface area contributed by atoms with Gasteiger partial charge in [0.15, 0.2) is 0 Å². The van der Waals surface area contributed by atoms with E-state index in [-0.39, 0.29) is 11.9 Å². The topological polar surface area (TPSA) is 70.2 Å². The molecule has 0 aliphatic carbocycles. The van der Waals surface area contributed by atoms with Crippen LogP contribution in [0.2, 0.25) is 0 Å². The monoisotopic (exact) mass is 277 g/mol. The van der Waals surface area contributed by atoms with E-state index in [1.165, 1.54) is 0 Å². The number of urea groups is 1. The Morgan fingerprint density at radius 1 is 1.25 bits per heavy atom. The lowest BCUT2D eigenvalue weighted by Crippen LogP contribution is -2.32. The molecule has 5 heteroatoms. The van der Waals surface area contributed by atoms with Crippen molar-refractivity contribution >= 4 is 17.6 Å². The van der Waals surface area contributed by atoms with E-state index in [4.69, 9.17) is 0 Å². The first-order valence-electron chi connectivity index (χ1n) is 6.90. The maximum Gasteiger partial charge on any atom is 0.314 e. The predicted molar refractivity (Wildman–Crippen MR) is 80.4 cm³/mol. The molecule has 0 aromatic heterocycles. The number of carbonyl (C=O) groups is 2. The summed E-state index contributed by atoms with van der Waals surface area (Å²) in [5.41, 5.74) is 1.63. The van der Waals surface area contributed by atoms with Gasteiger partial charge in [0.25, 0.3) is 0 Å². The van der Waals surface area contributed by atoms with Gasteiger partial charge in [-0.05, 0) is 17.5 Å². The second-order valence-electron chi connectivity index (χ2n) is 4.86. The van der Waals surface area contributed by atoms with Gasteiger partial charge in [0.2, 0.25) is 5.91 Å². The number of rotatable bonds is 6. The molecule has 110 valence electrons. The lowest BCUT2D eigenvalue weighted by Gasteiger charge is -2.13. The summed E-state index contributed by atoms with van der Waals surface area (Å²) in [5, 5.41) is 8.11. The highest BCUT2D eigenvalue weighted by Gasteiger charge is 2.10. The number of nitrogens with one attached hydrogen (secondary N) is 3. The molecule has 0 saturated heterocycles. The molecule has 5 nitrogen and oxygen atoms in total. The van der Waals surface area contributed by atoms with E-state index >= 15 is 0 Å². The van der Waals surface area contributed by atoms with Gasteiger partial charge >= 0.3 is 6.03 Å². The highest BCUT2D eigenvalue weighted by molar-refractivity contribution is 5.91. The maximum atomic E-state index is 11.9. The van der Waals surface area contributed by atoms with Crippen molar-refractivity contribution in [1.29, 1.82) is 0 Å². The summed E-state index contributed by atoms with van der Waals surface area (Å²) >= 11 is 0. The van der Waals surface area contributed by atoms with Gasteiger partial charge in [-0.1, -0.05) is 38.5 Å². The van der Waals surface area contributed by atoms with Crippen LogP contribution in [0.3, 0.4) is 0 Å². The highest BCUT2D eigenvalue weighted by Crippen LogP contribution is 2.16. The zero-order valence-electron chi connectivity index (χ0n) is 12.3.